The molecule has 4 nitrogen and oxygen atoms in total. The van der Waals surface area contributed by atoms with Crippen molar-refractivity contribution >= 4 is 11.6 Å². The number of amides is 1. The van der Waals surface area contributed by atoms with Crippen LogP contribution in [0.25, 0.3) is 0 Å². The average molecular weight is 192 g/mol. The molecule has 2 rings (SSSR count). The van der Waals surface area contributed by atoms with Gasteiger partial charge in [0.2, 0.25) is 5.91 Å². The second kappa shape index (κ2) is 3.31. The number of anilines is 1. The molecule has 1 aromatic carbocycles. The van der Waals surface area contributed by atoms with Gasteiger partial charge in [-0.15, -0.1) is 0 Å². The summed E-state index contributed by atoms with van der Waals surface area (Å²) in [7, 11) is 0. The molecule has 0 aromatic heterocycles. The van der Waals surface area contributed by atoms with Crippen molar-refractivity contribution in [3.8, 4) is 0 Å². The number of hydrogen-bond acceptors (Lipinski definition) is 3. The van der Waals surface area contributed by atoms with Gasteiger partial charge in [0, 0.05) is 5.69 Å². The third-order valence-corrected chi connectivity index (χ3v) is 2.43. The maximum Gasteiger partial charge on any atom is 0.223 e. The van der Waals surface area contributed by atoms with Gasteiger partial charge in [-0.2, -0.15) is 0 Å². The molecule has 0 saturated carbocycles. The van der Waals surface area contributed by atoms with Gasteiger partial charge in [-0.1, -0.05) is 18.2 Å². The highest BCUT2D eigenvalue weighted by Crippen LogP contribution is 2.28. The van der Waals surface area contributed by atoms with Crippen LogP contribution in [0, 0.1) is 0 Å². The van der Waals surface area contributed by atoms with Crippen molar-refractivity contribution in [1.29, 1.82) is 0 Å². The average Bonchev–Trinajstić information content (AvgIpc) is 2.46. The number of nitrogens with one attached hydrogen (secondary N) is 1. The number of carbonyl (C=O) groups is 1. The van der Waals surface area contributed by atoms with Crippen molar-refractivity contribution in [2.24, 2.45) is 0 Å². The molecule has 1 heterocycles. The van der Waals surface area contributed by atoms with Gasteiger partial charge in [-0.25, -0.2) is 0 Å². The molecule has 0 bridgehead atoms. The lowest BCUT2D eigenvalue weighted by Crippen LogP contribution is -2.23. The number of hydrogen-bond donors (Lipinski definition) is 3. The van der Waals surface area contributed by atoms with Gasteiger partial charge in [0.05, 0.1) is 18.6 Å². The number of benzene rings is 1. The van der Waals surface area contributed by atoms with Gasteiger partial charge in [-0.3, -0.25) is 4.79 Å². The van der Waals surface area contributed by atoms with E-state index in [1.165, 1.54) is 0 Å². The summed E-state index contributed by atoms with van der Waals surface area (Å²) in [6.07, 6.45) is -0.522. The van der Waals surface area contributed by atoms with Crippen LogP contribution in [0.1, 0.15) is 18.0 Å². The Morgan fingerprint density at radius 3 is 2.71 bits per heavy atom. The van der Waals surface area contributed by atoms with Gasteiger partial charge < -0.3 is 16.2 Å². The number of carbonyl (C=O) groups excluding carboxylic acids is 1. The second-order valence-electron chi connectivity index (χ2n) is 3.45. The Bertz CT molecular complexity index is 365. The first-order valence-corrected chi connectivity index (χ1v) is 4.50. The fourth-order valence-electron chi connectivity index (χ4n) is 1.72. The Hall–Kier alpha value is -1.55. The highest BCUT2D eigenvalue weighted by Gasteiger charge is 2.32. The quantitative estimate of drug-likeness (QED) is 0.556. The maximum absolute atomic E-state index is 11.0. The first kappa shape index (κ1) is 9.02. The normalized spacial score (nSPS) is 26.2. The van der Waals surface area contributed by atoms with E-state index in [1.54, 1.807) is 6.07 Å². The summed E-state index contributed by atoms with van der Waals surface area (Å²) >= 11 is 0. The molecule has 1 saturated heterocycles. The molecule has 2 unspecified atom stereocenters. The first-order chi connectivity index (χ1) is 6.68. The third-order valence-electron chi connectivity index (χ3n) is 2.43. The molecule has 1 aromatic rings. The van der Waals surface area contributed by atoms with Crippen LogP contribution in [0.2, 0.25) is 0 Å². The van der Waals surface area contributed by atoms with Crippen LogP contribution in [-0.2, 0) is 4.79 Å². The molecular weight excluding hydrogens is 180 g/mol. The van der Waals surface area contributed by atoms with Crippen LogP contribution in [-0.4, -0.2) is 17.1 Å². The summed E-state index contributed by atoms with van der Waals surface area (Å²) in [6.45, 7) is 0. The van der Waals surface area contributed by atoms with Crippen molar-refractivity contribution in [1.82, 2.24) is 5.32 Å². The number of rotatable bonds is 1. The largest absolute Gasteiger partial charge is 0.398 e. The van der Waals surface area contributed by atoms with E-state index < -0.39 is 6.10 Å². The lowest BCUT2D eigenvalue weighted by molar-refractivity contribution is -0.119. The molecule has 1 fully saturated rings. The zero-order valence-electron chi connectivity index (χ0n) is 7.60. The Balaban J connectivity index is 2.32. The highest BCUT2D eigenvalue weighted by atomic mass is 16.3. The van der Waals surface area contributed by atoms with E-state index >= 15 is 0 Å². The van der Waals surface area contributed by atoms with E-state index in [-0.39, 0.29) is 18.4 Å². The monoisotopic (exact) mass is 192 g/mol. The van der Waals surface area contributed by atoms with Crippen molar-refractivity contribution in [2.45, 2.75) is 18.6 Å². The van der Waals surface area contributed by atoms with Crippen LogP contribution < -0.4 is 11.1 Å². The summed E-state index contributed by atoms with van der Waals surface area (Å²) in [6, 6.07) is 6.87. The molecular formula is C10H12N2O2. The minimum absolute atomic E-state index is 0.134. The van der Waals surface area contributed by atoms with Gasteiger partial charge in [0.25, 0.3) is 0 Å². The summed E-state index contributed by atoms with van der Waals surface area (Å²) in [5.74, 6) is -0.134. The molecule has 14 heavy (non-hydrogen) atoms. The maximum atomic E-state index is 11.0. The van der Waals surface area contributed by atoms with E-state index in [2.05, 4.69) is 5.32 Å². The summed E-state index contributed by atoms with van der Waals surface area (Å²) < 4.78 is 0. The smallest absolute Gasteiger partial charge is 0.223 e. The van der Waals surface area contributed by atoms with E-state index in [0.29, 0.717) is 5.69 Å². The second-order valence-corrected chi connectivity index (χ2v) is 3.45. The molecule has 0 spiro atoms. The molecule has 0 radical (unpaired) electrons. The minimum Gasteiger partial charge on any atom is -0.398 e. The Labute approximate surface area is 81.7 Å². The Kier molecular flexibility index (Phi) is 2.13. The van der Waals surface area contributed by atoms with Crippen molar-refractivity contribution in [3.05, 3.63) is 29.8 Å². The standard InChI is InChI=1S/C10H12N2O2/c11-7-4-2-1-3-6(7)10-8(13)5-9(14)12-10/h1-4,8,10,13H,5,11H2,(H,12,14). The zero-order chi connectivity index (χ0) is 10.1. The fourth-order valence-corrected chi connectivity index (χ4v) is 1.72. The third kappa shape index (κ3) is 1.44. The number of aliphatic hydroxyl groups is 1. The summed E-state index contributed by atoms with van der Waals surface area (Å²) in [5, 5.41) is 12.3. The van der Waals surface area contributed by atoms with Crippen molar-refractivity contribution in [3.63, 3.8) is 0 Å². The van der Waals surface area contributed by atoms with Crippen LogP contribution >= 0.6 is 0 Å². The van der Waals surface area contributed by atoms with Crippen molar-refractivity contribution < 1.29 is 9.90 Å². The summed E-state index contributed by atoms with van der Waals surface area (Å²) in [4.78, 5) is 11.0. The molecule has 1 aliphatic rings. The predicted molar refractivity (Wildman–Crippen MR) is 52.4 cm³/mol. The highest BCUT2D eigenvalue weighted by molar-refractivity contribution is 5.80. The van der Waals surface area contributed by atoms with Crippen LogP contribution in [0.15, 0.2) is 24.3 Å². The number of para-hydroxylation sites is 1. The first-order valence-electron chi connectivity index (χ1n) is 4.50. The van der Waals surface area contributed by atoms with E-state index in [9.17, 15) is 9.90 Å². The van der Waals surface area contributed by atoms with Crippen LogP contribution in [0.5, 0.6) is 0 Å². The molecule has 4 heteroatoms. The van der Waals surface area contributed by atoms with E-state index in [0.717, 1.165) is 5.56 Å². The van der Waals surface area contributed by atoms with Crippen LogP contribution in [0.3, 0.4) is 0 Å². The molecule has 74 valence electrons. The van der Waals surface area contributed by atoms with Gasteiger partial charge >= 0.3 is 0 Å². The topological polar surface area (TPSA) is 75.3 Å². The molecule has 1 aliphatic heterocycles. The van der Waals surface area contributed by atoms with E-state index in [4.69, 9.17) is 5.73 Å². The molecule has 4 N–H and O–H groups in total. The minimum atomic E-state index is -0.674. The van der Waals surface area contributed by atoms with Gasteiger partial charge in [-0.05, 0) is 11.6 Å². The lowest BCUT2D eigenvalue weighted by Gasteiger charge is -2.16. The van der Waals surface area contributed by atoms with Gasteiger partial charge in [0.15, 0.2) is 0 Å². The predicted octanol–water partition coefficient (Wildman–Crippen LogP) is 0.191. The summed E-state index contributed by atoms with van der Waals surface area (Å²) in [5.41, 5.74) is 7.12. The molecule has 2 atom stereocenters. The molecule has 1 amide bonds. The lowest BCUT2D eigenvalue weighted by atomic mass is 10.0. The van der Waals surface area contributed by atoms with E-state index in [1.807, 2.05) is 18.2 Å². The van der Waals surface area contributed by atoms with Crippen LogP contribution in [0.4, 0.5) is 5.69 Å². The number of nitrogens with two attached hydrogens (primary N) is 1. The molecule has 0 aliphatic carbocycles. The number of aliphatic hydroxyl groups excluding tert-OH is 1. The fraction of sp³-hybridized carbons (Fsp3) is 0.300. The Morgan fingerprint density at radius 1 is 1.43 bits per heavy atom. The van der Waals surface area contributed by atoms with Gasteiger partial charge in [0.1, 0.15) is 0 Å². The zero-order valence-corrected chi connectivity index (χ0v) is 7.60. The van der Waals surface area contributed by atoms with Crippen molar-refractivity contribution in [2.75, 3.05) is 5.73 Å². The Morgan fingerprint density at radius 2 is 2.14 bits per heavy atom. The SMILES string of the molecule is Nc1ccccc1C1NC(=O)CC1O. The number of nitrogen functional groups attached to an aromatic ring is 1.